The first kappa shape index (κ1) is 14.9. The molecule has 7 heteroatoms. The van der Waals surface area contributed by atoms with E-state index >= 15 is 0 Å². The van der Waals surface area contributed by atoms with Crippen molar-refractivity contribution in [1.82, 2.24) is 19.6 Å². The smallest absolute Gasteiger partial charge is 0.253 e. The Morgan fingerprint density at radius 2 is 2.25 bits per heavy atom. The van der Waals surface area contributed by atoms with E-state index < -0.39 is 0 Å². The second-order valence-corrected chi connectivity index (χ2v) is 5.80. The molecule has 0 aliphatic carbocycles. The Labute approximate surface area is 144 Å². The lowest BCUT2D eigenvalue weighted by molar-refractivity contribution is 0.0772. The van der Waals surface area contributed by atoms with E-state index in [0.29, 0.717) is 29.9 Å². The third-order valence-corrected chi connectivity index (χ3v) is 3.89. The molecule has 1 aromatic carbocycles. The minimum Gasteiger partial charge on any atom is -0.362 e. The lowest BCUT2D eigenvalue weighted by Gasteiger charge is -2.29. The van der Waals surface area contributed by atoms with Crippen LogP contribution in [0, 0.1) is 11.8 Å². The largest absolute Gasteiger partial charge is 0.362 e. The van der Waals surface area contributed by atoms with Gasteiger partial charge in [0.05, 0.1) is 13.2 Å². The van der Waals surface area contributed by atoms with E-state index in [9.17, 15) is 0 Å². The summed E-state index contributed by atoms with van der Waals surface area (Å²) in [6.07, 6.45) is 3.33. The molecule has 1 aliphatic heterocycles. The van der Waals surface area contributed by atoms with Gasteiger partial charge in [0, 0.05) is 29.5 Å². The van der Waals surface area contributed by atoms with Crippen LogP contribution in [-0.4, -0.2) is 45.4 Å². The van der Waals surface area contributed by atoms with E-state index in [4.69, 9.17) is 16.3 Å². The summed E-state index contributed by atoms with van der Waals surface area (Å²) in [6.45, 7) is 1.93. The Morgan fingerprint density at radius 3 is 3.12 bits per heavy atom. The maximum Gasteiger partial charge on any atom is 0.253 e. The molecule has 3 aromatic rings. The molecule has 2 aromatic heterocycles. The van der Waals surface area contributed by atoms with E-state index in [1.807, 2.05) is 36.5 Å². The van der Waals surface area contributed by atoms with Gasteiger partial charge in [-0.1, -0.05) is 29.5 Å². The van der Waals surface area contributed by atoms with E-state index in [0.717, 1.165) is 12.1 Å². The number of ether oxygens (including phenoxy) is 1. The Bertz CT molecular complexity index is 896. The molecule has 1 aliphatic rings. The van der Waals surface area contributed by atoms with Gasteiger partial charge >= 0.3 is 0 Å². The molecule has 1 saturated heterocycles. The Morgan fingerprint density at radius 1 is 1.29 bits per heavy atom. The van der Waals surface area contributed by atoms with E-state index in [1.165, 1.54) is 0 Å². The Hall–Kier alpha value is -2.62. The van der Waals surface area contributed by atoms with Gasteiger partial charge in [-0.15, -0.1) is 5.10 Å². The van der Waals surface area contributed by atoms with E-state index in [1.54, 1.807) is 10.7 Å². The molecule has 1 unspecified atom stereocenters. The maximum atomic E-state index is 5.98. The highest BCUT2D eigenvalue weighted by molar-refractivity contribution is 6.30. The summed E-state index contributed by atoms with van der Waals surface area (Å²) in [5.41, 5.74) is 0.873. The zero-order valence-corrected chi connectivity index (χ0v) is 13.5. The van der Waals surface area contributed by atoms with Gasteiger partial charge in [-0.3, -0.25) is 0 Å². The predicted octanol–water partition coefficient (Wildman–Crippen LogP) is 2.03. The van der Waals surface area contributed by atoms with Crippen molar-refractivity contribution in [3.8, 4) is 11.8 Å². The minimum absolute atomic E-state index is 0.197. The lowest BCUT2D eigenvalue weighted by Crippen LogP contribution is -2.42. The quantitative estimate of drug-likeness (QED) is 0.635. The molecule has 120 valence electrons. The van der Waals surface area contributed by atoms with Crippen molar-refractivity contribution in [2.75, 3.05) is 24.6 Å². The molecule has 0 amide bonds. The van der Waals surface area contributed by atoms with Crippen LogP contribution in [-0.2, 0) is 4.74 Å². The fourth-order valence-corrected chi connectivity index (χ4v) is 2.69. The van der Waals surface area contributed by atoms with Crippen molar-refractivity contribution in [3.05, 3.63) is 53.3 Å². The average molecular weight is 340 g/mol. The van der Waals surface area contributed by atoms with Crippen molar-refractivity contribution in [2.45, 2.75) is 6.10 Å². The molecule has 0 spiro atoms. The Kier molecular flexibility index (Phi) is 4.03. The van der Waals surface area contributed by atoms with Crippen LogP contribution in [0.5, 0.6) is 0 Å². The molecule has 0 saturated carbocycles. The first-order chi connectivity index (χ1) is 11.8. The molecule has 1 fully saturated rings. The first-order valence-electron chi connectivity index (χ1n) is 7.59. The highest BCUT2D eigenvalue weighted by Crippen LogP contribution is 2.14. The SMILES string of the molecule is Clc1cccc(C#CC2CN(c3nc4ncccn4n3)CCO2)c1. The van der Waals surface area contributed by atoms with Crippen LogP contribution in [0.4, 0.5) is 5.95 Å². The summed E-state index contributed by atoms with van der Waals surface area (Å²) in [5, 5.41) is 5.12. The minimum atomic E-state index is -0.197. The van der Waals surface area contributed by atoms with Crippen molar-refractivity contribution < 1.29 is 4.74 Å². The van der Waals surface area contributed by atoms with Gasteiger partial charge in [0.2, 0.25) is 5.95 Å². The van der Waals surface area contributed by atoms with Gasteiger partial charge in [-0.05, 0) is 24.3 Å². The van der Waals surface area contributed by atoms with E-state index in [2.05, 4.69) is 31.8 Å². The fraction of sp³-hybridized carbons (Fsp3) is 0.235. The summed E-state index contributed by atoms with van der Waals surface area (Å²) < 4.78 is 7.39. The molecule has 0 bridgehead atoms. The van der Waals surface area contributed by atoms with Crippen LogP contribution in [0.3, 0.4) is 0 Å². The number of hydrogen-bond donors (Lipinski definition) is 0. The number of morpholine rings is 1. The van der Waals surface area contributed by atoms with Crippen molar-refractivity contribution >= 4 is 23.3 Å². The monoisotopic (exact) mass is 339 g/mol. The van der Waals surface area contributed by atoms with Crippen LogP contribution in [0.2, 0.25) is 5.02 Å². The molecular formula is C17H14ClN5O. The van der Waals surface area contributed by atoms with Crippen LogP contribution in [0.25, 0.3) is 5.78 Å². The molecule has 4 rings (SSSR count). The van der Waals surface area contributed by atoms with Gasteiger partial charge in [-0.25, -0.2) is 9.50 Å². The number of fused-ring (bicyclic) bond motifs is 1. The van der Waals surface area contributed by atoms with Crippen LogP contribution in [0.1, 0.15) is 5.56 Å². The molecule has 1 atom stereocenters. The fourth-order valence-electron chi connectivity index (χ4n) is 2.50. The molecule has 3 heterocycles. The topological polar surface area (TPSA) is 55.6 Å². The highest BCUT2D eigenvalue weighted by atomic mass is 35.5. The summed E-state index contributed by atoms with van der Waals surface area (Å²) >= 11 is 5.98. The van der Waals surface area contributed by atoms with Crippen molar-refractivity contribution in [1.29, 1.82) is 0 Å². The zero-order chi connectivity index (χ0) is 16.4. The molecular weight excluding hydrogens is 326 g/mol. The van der Waals surface area contributed by atoms with Crippen LogP contribution in [0.15, 0.2) is 42.7 Å². The summed E-state index contributed by atoms with van der Waals surface area (Å²) in [4.78, 5) is 10.7. The molecule has 0 radical (unpaired) electrons. The highest BCUT2D eigenvalue weighted by Gasteiger charge is 2.22. The number of benzene rings is 1. The second-order valence-electron chi connectivity index (χ2n) is 5.36. The van der Waals surface area contributed by atoms with Gasteiger partial charge in [0.1, 0.15) is 6.10 Å². The number of nitrogens with zero attached hydrogens (tertiary/aromatic N) is 5. The molecule has 0 N–H and O–H groups in total. The number of rotatable bonds is 1. The number of anilines is 1. The van der Waals surface area contributed by atoms with Crippen molar-refractivity contribution in [2.24, 2.45) is 0 Å². The third kappa shape index (κ3) is 3.18. The Balaban J connectivity index is 1.51. The standard InChI is InChI=1S/C17H14ClN5O/c18-14-4-1-3-13(11-14)5-6-15-12-22(9-10-24-15)17-20-16-19-7-2-8-23(16)21-17/h1-4,7-8,11,15H,9-10,12H2. The van der Waals surface area contributed by atoms with Gasteiger partial charge in [0.25, 0.3) is 5.78 Å². The van der Waals surface area contributed by atoms with Crippen LogP contribution >= 0.6 is 11.6 Å². The number of hydrogen-bond acceptors (Lipinski definition) is 5. The third-order valence-electron chi connectivity index (χ3n) is 3.66. The average Bonchev–Trinajstić information content (AvgIpc) is 3.05. The lowest BCUT2D eigenvalue weighted by atomic mass is 10.2. The summed E-state index contributed by atoms with van der Waals surface area (Å²) in [6, 6.07) is 9.30. The van der Waals surface area contributed by atoms with Gasteiger partial charge < -0.3 is 9.64 Å². The van der Waals surface area contributed by atoms with E-state index in [-0.39, 0.29) is 6.10 Å². The summed E-state index contributed by atoms with van der Waals surface area (Å²) in [7, 11) is 0. The van der Waals surface area contributed by atoms with Crippen LogP contribution < -0.4 is 4.90 Å². The molecule has 6 nitrogen and oxygen atoms in total. The number of halogens is 1. The maximum absolute atomic E-state index is 5.98. The normalized spacial score (nSPS) is 17.5. The van der Waals surface area contributed by atoms with Gasteiger partial charge in [-0.2, -0.15) is 4.98 Å². The van der Waals surface area contributed by atoms with Crippen molar-refractivity contribution in [3.63, 3.8) is 0 Å². The summed E-state index contributed by atoms with van der Waals surface area (Å²) in [5.74, 6) is 7.49. The zero-order valence-electron chi connectivity index (χ0n) is 12.8. The van der Waals surface area contributed by atoms with Gasteiger partial charge in [0.15, 0.2) is 0 Å². The molecule has 24 heavy (non-hydrogen) atoms. The first-order valence-corrected chi connectivity index (χ1v) is 7.97. The number of aromatic nitrogens is 4. The second kappa shape index (κ2) is 6.48. The predicted molar refractivity (Wildman–Crippen MR) is 91.1 cm³/mol.